The van der Waals surface area contributed by atoms with E-state index in [4.69, 9.17) is 4.74 Å². The van der Waals surface area contributed by atoms with E-state index in [0.717, 1.165) is 19.1 Å². The number of likely N-dealkylation sites (tertiary alicyclic amines) is 1. The molecule has 0 aromatic heterocycles. The normalized spacial score (nSPS) is 23.7. The number of piperidine rings is 2. The molecule has 2 saturated heterocycles. The summed E-state index contributed by atoms with van der Waals surface area (Å²) in [5.41, 5.74) is 2.47. The highest BCUT2D eigenvalue weighted by atomic mass is 16.5. The lowest BCUT2D eigenvalue weighted by atomic mass is 9.70. The van der Waals surface area contributed by atoms with Crippen molar-refractivity contribution in [3.63, 3.8) is 0 Å². The lowest BCUT2D eigenvalue weighted by molar-refractivity contribution is 0.0306. The van der Waals surface area contributed by atoms with Gasteiger partial charge in [-0.2, -0.15) is 0 Å². The molecule has 1 aromatic carbocycles. The fourth-order valence-corrected chi connectivity index (χ4v) is 4.88. The molecule has 1 aromatic rings. The largest absolute Gasteiger partial charge is 0.462 e. The van der Waals surface area contributed by atoms with E-state index in [2.05, 4.69) is 21.9 Å². The Kier molecular flexibility index (Phi) is 5.21. The Labute approximate surface area is 157 Å². The van der Waals surface area contributed by atoms with Crippen LogP contribution in [0.4, 0.5) is 5.69 Å². The molecular formula is C22H32N2O2. The molecule has 2 heterocycles. The zero-order valence-electron chi connectivity index (χ0n) is 16.1. The van der Waals surface area contributed by atoms with Gasteiger partial charge in [-0.1, -0.05) is 6.42 Å². The van der Waals surface area contributed by atoms with Crippen molar-refractivity contribution in [2.75, 3.05) is 37.7 Å². The first-order valence-electron chi connectivity index (χ1n) is 10.5. The topological polar surface area (TPSA) is 32.8 Å². The second kappa shape index (κ2) is 7.59. The van der Waals surface area contributed by atoms with Crippen molar-refractivity contribution in [2.24, 2.45) is 5.41 Å². The van der Waals surface area contributed by atoms with Gasteiger partial charge in [0.2, 0.25) is 0 Å². The summed E-state index contributed by atoms with van der Waals surface area (Å²) in [5, 5.41) is 0. The smallest absolute Gasteiger partial charge is 0.338 e. The van der Waals surface area contributed by atoms with E-state index >= 15 is 0 Å². The van der Waals surface area contributed by atoms with Crippen LogP contribution in [0.25, 0.3) is 0 Å². The number of nitrogens with zero attached hydrogens (tertiary/aromatic N) is 2. The maximum absolute atomic E-state index is 11.8. The molecule has 0 atom stereocenters. The average molecular weight is 357 g/mol. The van der Waals surface area contributed by atoms with Crippen LogP contribution in [0.1, 0.15) is 62.2 Å². The van der Waals surface area contributed by atoms with Crippen LogP contribution in [-0.4, -0.2) is 49.7 Å². The maximum atomic E-state index is 11.8. The molecule has 4 heteroatoms. The average Bonchev–Trinajstić information content (AvgIpc) is 2.63. The number of hydrogen-bond donors (Lipinski definition) is 0. The van der Waals surface area contributed by atoms with Crippen LogP contribution in [-0.2, 0) is 4.74 Å². The number of esters is 1. The molecule has 2 aliphatic heterocycles. The zero-order chi connectivity index (χ0) is 18.0. The van der Waals surface area contributed by atoms with Gasteiger partial charge in [-0.15, -0.1) is 0 Å². The van der Waals surface area contributed by atoms with E-state index in [1.54, 1.807) is 0 Å². The highest BCUT2D eigenvalue weighted by molar-refractivity contribution is 5.89. The Hall–Kier alpha value is -1.55. The Morgan fingerprint density at radius 1 is 1.04 bits per heavy atom. The molecule has 4 nitrogen and oxygen atoms in total. The van der Waals surface area contributed by atoms with Gasteiger partial charge in [0.15, 0.2) is 0 Å². The van der Waals surface area contributed by atoms with Gasteiger partial charge in [0.25, 0.3) is 0 Å². The number of carbonyl (C=O) groups excluding carboxylic acids is 1. The third kappa shape index (κ3) is 3.62. The van der Waals surface area contributed by atoms with Crippen molar-refractivity contribution in [1.29, 1.82) is 0 Å². The summed E-state index contributed by atoms with van der Waals surface area (Å²) < 4.78 is 5.07. The molecule has 0 bridgehead atoms. The highest BCUT2D eigenvalue weighted by Gasteiger charge is 2.39. The molecule has 0 unspecified atom stereocenters. The number of ether oxygens (including phenoxy) is 1. The second-order valence-electron chi connectivity index (χ2n) is 8.38. The first-order chi connectivity index (χ1) is 12.7. The molecule has 3 aliphatic rings. The SMILES string of the molecule is CCOC(=O)c1ccc(N2CCC3(CC2)CCN(C2CCC2)CC3)cc1. The van der Waals surface area contributed by atoms with Gasteiger partial charge >= 0.3 is 5.97 Å². The first-order valence-corrected chi connectivity index (χ1v) is 10.5. The van der Waals surface area contributed by atoms with Crippen LogP contribution in [0.2, 0.25) is 0 Å². The van der Waals surface area contributed by atoms with Gasteiger partial charge < -0.3 is 14.5 Å². The molecule has 142 valence electrons. The Morgan fingerprint density at radius 3 is 2.19 bits per heavy atom. The van der Waals surface area contributed by atoms with E-state index in [1.807, 2.05) is 19.1 Å². The summed E-state index contributed by atoms with van der Waals surface area (Å²) in [6.45, 7) is 7.18. The van der Waals surface area contributed by atoms with E-state index < -0.39 is 0 Å². The molecule has 4 rings (SSSR count). The third-order valence-corrected chi connectivity index (χ3v) is 7.02. The van der Waals surface area contributed by atoms with E-state index in [-0.39, 0.29) is 5.97 Å². The van der Waals surface area contributed by atoms with E-state index in [1.165, 1.54) is 63.7 Å². The summed E-state index contributed by atoms with van der Waals surface area (Å²) >= 11 is 0. The molecule has 1 spiro atoms. The van der Waals surface area contributed by atoms with Gasteiger partial charge in [0, 0.05) is 24.8 Å². The van der Waals surface area contributed by atoms with E-state index in [9.17, 15) is 4.79 Å². The number of hydrogen-bond acceptors (Lipinski definition) is 4. The first kappa shape index (κ1) is 17.8. The summed E-state index contributed by atoms with van der Waals surface area (Å²) in [5.74, 6) is -0.227. The molecule has 3 fully saturated rings. The van der Waals surface area contributed by atoms with Gasteiger partial charge in [-0.05, 0) is 88.2 Å². The Bertz CT molecular complexity index is 606. The number of anilines is 1. The van der Waals surface area contributed by atoms with Crippen molar-refractivity contribution in [2.45, 2.75) is 57.9 Å². The third-order valence-electron chi connectivity index (χ3n) is 7.02. The van der Waals surface area contributed by atoms with Gasteiger partial charge in [0.1, 0.15) is 0 Å². The summed E-state index contributed by atoms with van der Waals surface area (Å²) in [7, 11) is 0. The van der Waals surface area contributed by atoms with Crippen molar-refractivity contribution in [3.05, 3.63) is 29.8 Å². The molecule has 1 aliphatic carbocycles. The zero-order valence-corrected chi connectivity index (χ0v) is 16.1. The minimum atomic E-state index is -0.227. The van der Waals surface area contributed by atoms with Crippen molar-refractivity contribution in [1.82, 2.24) is 4.90 Å². The quantitative estimate of drug-likeness (QED) is 0.761. The van der Waals surface area contributed by atoms with Crippen LogP contribution >= 0.6 is 0 Å². The Morgan fingerprint density at radius 2 is 1.65 bits per heavy atom. The summed E-state index contributed by atoms with van der Waals surface area (Å²) in [6, 6.07) is 8.85. The summed E-state index contributed by atoms with van der Waals surface area (Å²) in [4.78, 5) is 17.0. The molecule has 0 radical (unpaired) electrons. The molecule has 1 saturated carbocycles. The van der Waals surface area contributed by atoms with Crippen molar-refractivity contribution >= 4 is 11.7 Å². The van der Waals surface area contributed by atoms with Crippen LogP contribution in [0, 0.1) is 5.41 Å². The van der Waals surface area contributed by atoms with E-state index in [0.29, 0.717) is 17.6 Å². The van der Waals surface area contributed by atoms with Crippen molar-refractivity contribution in [3.8, 4) is 0 Å². The lowest BCUT2D eigenvalue weighted by Gasteiger charge is -2.50. The number of benzene rings is 1. The molecule has 26 heavy (non-hydrogen) atoms. The van der Waals surface area contributed by atoms with Crippen molar-refractivity contribution < 1.29 is 9.53 Å². The highest BCUT2D eigenvalue weighted by Crippen LogP contribution is 2.43. The molecule has 0 N–H and O–H groups in total. The fourth-order valence-electron chi connectivity index (χ4n) is 4.88. The van der Waals surface area contributed by atoms with Crippen LogP contribution in [0.3, 0.4) is 0 Å². The lowest BCUT2D eigenvalue weighted by Crippen LogP contribution is -2.50. The fraction of sp³-hybridized carbons (Fsp3) is 0.682. The molecule has 0 amide bonds. The maximum Gasteiger partial charge on any atom is 0.338 e. The predicted molar refractivity (Wildman–Crippen MR) is 105 cm³/mol. The van der Waals surface area contributed by atoms with Crippen LogP contribution < -0.4 is 4.90 Å². The predicted octanol–water partition coefficient (Wildman–Crippen LogP) is 4.10. The molecular weight excluding hydrogens is 324 g/mol. The van der Waals surface area contributed by atoms with Crippen LogP contribution in [0.5, 0.6) is 0 Å². The second-order valence-corrected chi connectivity index (χ2v) is 8.38. The summed E-state index contributed by atoms with van der Waals surface area (Å²) in [6.07, 6.45) is 9.70. The number of carbonyl (C=O) groups is 1. The number of rotatable bonds is 4. The van der Waals surface area contributed by atoms with Gasteiger partial charge in [-0.3, -0.25) is 0 Å². The monoisotopic (exact) mass is 356 g/mol. The minimum Gasteiger partial charge on any atom is -0.462 e. The van der Waals surface area contributed by atoms with Crippen LogP contribution in [0.15, 0.2) is 24.3 Å². The standard InChI is InChI=1S/C22H32N2O2/c1-2-26-21(25)18-6-8-20(9-7-18)24-16-12-22(13-17-24)10-14-23(15-11-22)19-4-3-5-19/h6-9,19H,2-5,10-17H2,1H3. The van der Waals surface area contributed by atoms with Gasteiger partial charge in [-0.25, -0.2) is 4.79 Å². The minimum absolute atomic E-state index is 0.227. The van der Waals surface area contributed by atoms with Gasteiger partial charge in [0.05, 0.1) is 12.2 Å². The Balaban J connectivity index is 1.30.